The molecule has 2 heterocycles. The molecule has 3 N–H and O–H groups in total. The molecule has 3 aromatic carbocycles. The Morgan fingerprint density at radius 3 is 2.67 bits per heavy atom. The fourth-order valence-electron chi connectivity index (χ4n) is 4.33. The number of fused-ring (bicyclic) bond motifs is 2. The van der Waals surface area contributed by atoms with Gasteiger partial charge in [-0.25, -0.2) is 4.98 Å². The van der Waals surface area contributed by atoms with Crippen molar-refractivity contribution in [3.05, 3.63) is 88.9 Å². The van der Waals surface area contributed by atoms with Gasteiger partial charge in [0.1, 0.15) is 23.5 Å². The molecule has 1 aliphatic rings. The van der Waals surface area contributed by atoms with E-state index in [4.69, 9.17) is 4.74 Å². The van der Waals surface area contributed by atoms with E-state index in [-0.39, 0.29) is 25.0 Å². The highest BCUT2D eigenvalue weighted by molar-refractivity contribution is 7.91. The van der Waals surface area contributed by atoms with Gasteiger partial charge < -0.3 is 29.9 Å². The first-order valence-corrected chi connectivity index (χ1v) is 15.5. The molecule has 0 aliphatic carbocycles. The Bertz CT molecular complexity index is 1570. The maximum Gasteiger partial charge on any atom is 0.260 e. The summed E-state index contributed by atoms with van der Waals surface area (Å²) in [4.78, 5) is 33.9. The number of aliphatic hydroxyl groups is 1. The van der Waals surface area contributed by atoms with Crippen LogP contribution in [-0.2, 0) is 17.7 Å². The Labute approximate surface area is 251 Å². The first-order chi connectivity index (χ1) is 20.2. The number of thiazole rings is 1. The standard InChI is InChI=1S/C31H32N4O5S2/c1-19(2)35(3)17-22(36)18-40-23-11-8-20(9-12-23)31-33-16-24(41-31)15-32-29(37)21-10-13-28-26(14-21)34-30(38)25-6-4-5-7-27(25)42(28)39/h4-14,16,19,22,36H,15,17-18H2,1-3H3,(H,32,37)(H,34,38). The zero-order chi connectivity index (χ0) is 29.8. The lowest BCUT2D eigenvalue weighted by molar-refractivity contribution is 0.0678. The summed E-state index contributed by atoms with van der Waals surface area (Å²) in [6.07, 6.45) is 1.14. The summed E-state index contributed by atoms with van der Waals surface area (Å²) < 4.78 is 18.9. The minimum atomic E-state index is -1.55. The number of benzene rings is 3. The zero-order valence-electron chi connectivity index (χ0n) is 23.5. The smallest absolute Gasteiger partial charge is 0.260 e. The number of likely N-dealkylation sites (N-methyl/N-ethyl adjacent to an activating group) is 1. The summed E-state index contributed by atoms with van der Waals surface area (Å²) in [5.41, 5.74) is 1.97. The van der Waals surface area contributed by atoms with Gasteiger partial charge in [-0.05, 0) is 75.5 Å². The molecule has 2 atom stereocenters. The van der Waals surface area contributed by atoms with Crippen molar-refractivity contribution in [1.82, 2.24) is 15.2 Å². The number of aromatic nitrogens is 1. The molecule has 0 saturated heterocycles. The summed E-state index contributed by atoms with van der Waals surface area (Å²) >= 11 is -0.0836. The molecule has 1 aliphatic heterocycles. The molecule has 218 valence electrons. The first kappa shape index (κ1) is 29.7. The molecule has 2 amide bonds. The first-order valence-electron chi connectivity index (χ1n) is 13.5. The topological polar surface area (TPSA) is 127 Å². The van der Waals surface area contributed by atoms with Gasteiger partial charge in [-0.15, -0.1) is 11.3 Å². The molecular formula is C31H32N4O5S2. The third kappa shape index (κ3) is 6.83. The van der Waals surface area contributed by atoms with Gasteiger partial charge in [0.25, 0.3) is 11.8 Å². The Morgan fingerprint density at radius 1 is 1.14 bits per heavy atom. The van der Waals surface area contributed by atoms with E-state index in [0.717, 1.165) is 15.4 Å². The molecule has 0 bridgehead atoms. The van der Waals surface area contributed by atoms with Crippen LogP contribution < -0.4 is 15.4 Å². The highest BCUT2D eigenvalue weighted by Crippen LogP contribution is 2.34. The number of anilines is 1. The van der Waals surface area contributed by atoms with Crippen LogP contribution >= 0.6 is 11.3 Å². The number of aliphatic hydroxyl groups excluding tert-OH is 1. The van der Waals surface area contributed by atoms with E-state index in [9.17, 15) is 19.2 Å². The Kier molecular flexibility index (Phi) is 9.24. The predicted molar refractivity (Wildman–Crippen MR) is 163 cm³/mol. The average Bonchev–Trinajstić information content (AvgIpc) is 3.44. The van der Waals surface area contributed by atoms with Crippen LogP contribution in [0.1, 0.15) is 39.4 Å². The van der Waals surface area contributed by atoms with E-state index in [0.29, 0.717) is 44.9 Å². The minimum Gasteiger partial charge on any atom is -0.606 e. The van der Waals surface area contributed by atoms with Gasteiger partial charge >= 0.3 is 0 Å². The molecule has 2 unspecified atom stereocenters. The molecular weight excluding hydrogens is 572 g/mol. The molecule has 1 aromatic heterocycles. The highest BCUT2D eigenvalue weighted by atomic mass is 32.2. The van der Waals surface area contributed by atoms with Crippen molar-refractivity contribution in [2.75, 3.05) is 25.5 Å². The van der Waals surface area contributed by atoms with E-state index in [1.165, 1.54) is 11.3 Å². The number of hydrogen-bond acceptors (Lipinski definition) is 8. The Balaban J connectivity index is 1.17. The number of carbonyl (C=O) groups excluding carboxylic acids is 2. The molecule has 9 nitrogen and oxygen atoms in total. The van der Waals surface area contributed by atoms with Crippen LogP contribution in [-0.4, -0.2) is 63.7 Å². The van der Waals surface area contributed by atoms with Crippen molar-refractivity contribution in [1.29, 1.82) is 0 Å². The molecule has 42 heavy (non-hydrogen) atoms. The molecule has 5 rings (SSSR count). The second-order valence-electron chi connectivity index (χ2n) is 10.3. The average molecular weight is 605 g/mol. The summed E-state index contributed by atoms with van der Waals surface area (Å²) in [6.45, 7) is 5.17. The van der Waals surface area contributed by atoms with Crippen molar-refractivity contribution in [2.24, 2.45) is 0 Å². The second kappa shape index (κ2) is 13.1. The van der Waals surface area contributed by atoms with Gasteiger partial charge in [0.05, 0.1) is 17.8 Å². The van der Waals surface area contributed by atoms with Crippen LogP contribution in [0.25, 0.3) is 10.6 Å². The van der Waals surface area contributed by atoms with Gasteiger partial charge in [0.2, 0.25) is 0 Å². The van der Waals surface area contributed by atoms with Crippen LogP contribution in [0.15, 0.2) is 82.7 Å². The van der Waals surface area contributed by atoms with Crippen LogP contribution in [0, 0.1) is 0 Å². The van der Waals surface area contributed by atoms with E-state index in [1.807, 2.05) is 31.3 Å². The van der Waals surface area contributed by atoms with Crippen molar-refractivity contribution in [3.8, 4) is 16.3 Å². The normalized spacial score (nSPS) is 15.0. The van der Waals surface area contributed by atoms with Gasteiger partial charge in [-0.1, -0.05) is 12.1 Å². The third-order valence-electron chi connectivity index (χ3n) is 6.92. The molecule has 4 aromatic rings. The van der Waals surface area contributed by atoms with Crippen LogP contribution in [0.3, 0.4) is 0 Å². The minimum absolute atomic E-state index is 0.208. The van der Waals surface area contributed by atoms with Crippen LogP contribution in [0.4, 0.5) is 5.69 Å². The SMILES string of the molecule is CC(C)N(C)CC(O)COc1ccc(-c2ncc(CNC(=O)c3ccc4c(c3)NC(=O)c3ccccc3[S+]4[O-])s2)cc1. The fraction of sp³-hybridized carbons (Fsp3) is 0.258. The van der Waals surface area contributed by atoms with Crippen molar-refractivity contribution >= 4 is 40.0 Å². The lowest BCUT2D eigenvalue weighted by Gasteiger charge is -2.24. The largest absolute Gasteiger partial charge is 0.606 e. The summed E-state index contributed by atoms with van der Waals surface area (Å²) in [6, 6.07) is 19.4. The molecule has 0 fully saturated rings. The zero-order valence-corrected chi connectivity index (χ0v) is 25.1. The molecule has 0 spiro atoms. The van der Waals surface area contributed by atoms with Crippen molar-refractivity contribution in [2.45, 2.75) is 42.3 Å². The fourth-order valence-corrected chi connectivity index (χ4v) is 6.49. The quantitative estimate of drug-likeness (QED) is 0.227. The summed E-state index contributed by atoms with van der Waals surface area (Å²) in [5, 5.41) is 16.7. The number of carbonyl (C=O) groups is 2. The lowest BCUT2D eigenvalue weighted by atomic mass is 10.1. The summed E-state index contributed by atoms with van der Waals surface area (Å²) in [7, 11) is 1.97. The third-order valence-corrected chi connectivity index (χ3v) is 9.48. The number of nitrogens with zero attached hydrogens (tertiary/aromatic N) is 2. The number of rotatable bonds is 10. The Hall–Kier alpha value is -3.74. The lowest BCUT2D eigenvalue weighted by Crippen LogP contribution is -2.36. The molecule has 0 radical (unpaired) electrons. The van der Waals surface area contributed by atoms with E-state index >= 15 is 0 Å². The van der Waals surface area contributed by atoms with Gasteiger partial charge in [-0.2, -0.15) is 0 Å². The van der Waals surface area contributed by atoms with E-state index in [2.05, 4.69) is 34.4 Å². The Morgan fingerprint density at radius 2 is 1.90 bits per heavy atom. The predicted octanol–water partition coefficient (Wildman–Crippen LogP) is 4.55. The van der Waals surface area contributed by atoms with Gasteiger partial charge in [-0.3, -0.25) is 9.59 Å². The summed E-state index contributed by atoms with van der Waals surface area (Å²) in [5.74, 6) is -0.0179. The van der Waals surface area contributed by atoms with Crippen LogP contribution in [0.5, 0.6) is 5.75 Å². The number of ether oxygens (including phenoxy) is 1. The highest BCUT2D eigenvalue weighted by Gasteiger charge is 2.30. The van der Waals surface area contributed by atoms with Gasteiger partial charge in [0, 0.05) is 46.0 Å². The van der Waals surface area contributed by atoms with Crippen LogP contribution in [0.2, 0.25) is 0 Å². The molecule has 11 heteroatoms. The monoisotopic (exact) mass is 604 g/mol. The van der Waals surface area contributed by atoms with E-state index in [1.54, 1.807) is 48.7 Å². The maximum absolute atomic E-state index is 13.1. The van der Waals surface area contributed by atoms with Crippen molar-refractivity contribution in [3.63, 3.8) is 0 Å². The van der Waals surface area contributed by atoms with Gasteiger partial charge in [0.15, 0.2) is 9.79 Å². The number of nitrogens with one attached hydrogen (secondary N) is 2. The maximum atomic E-state index is 13.1. The van der Waals surface area contributed by atoms with Crippen molar-refractivity contribution < 1.29 is 24.0 Å². The van der Waals surface area contributed by atoms with E-state index < -0.39 is 17.3 Å². The second-order valence-corrected chi connectivity index (χ2v) is 12.8. The number of amides is 2. The number of hydrogen-bond donors (Lipinski definition) is 3. The molecule has 0 saturated carbocycles.